The molecule has 5 heteroatoms. The molecule has 1 fully saturated rings. The van der Waals surface area contributed by atoms with E-state index in [1.807, 2.05) is 6.92 Å². The molecule has 1 saturated carbocycles. The zero-order valence-electron chi connectivity index (χ0n) is 11.6. The molecule has 0 aliphatic heterocycles. The fourth-order valence-corrected chi connectivity index (χ4v) is 3.82. The molecule has 1 aromatic rings. The molecule has 0 aromatic carbocycles. The number of hydrogen-bond acceptors (Lipinski definition) is 4. The second kappa shape index (κ2) is 4.03. The third kappa shape index (κ3) is 1.86. The van der Waals surface area contributed by atoms with E-state index in [-0.39, 0.29) is 28.8 Å². The molecule has 1 amide bonds. The van der Waals surface area contributed by atoms with Crippen molar-refractivity contribution in [1.82, 2.24) is 10.3 Å². The average Bonchev–Trinajstić information content (AvgIpc) is 2.71. The van der Waals surface area contributed by atoms with Crippen LogP contribution in [0, 0.1) is 17.8 Å². The van der Waals surface area contributed by atoms with Crippen molar-refractivity contribution in [3.8, 4) is 0 Å². The number of thiazole rings is 1. The zero-order valence-corrected chi connectivity index (χ0v) is 12.4. The summed E-state index contributed by atoms with van der Waals surface area (Å²) in [5.74, 6) is -0.0996. The molecule has 2 rings (SSSR count). The van der Waals surface area contributed by atoms with Crippen LogP contribution in [0.5, 0.6) is 0 Å². The number of amides is 1. The Morgan fingerprint density at radius 2 is 1.94 bits per heavy atom. The standard InChI is InChI=1S/C13H21N3OS/c1-7-15-8(6-18-7)9(17)16-11-12(2,3)10(14)13(11,4)5/h6,10-11H,14H2,1-5H3,(H,16,17). The molecule has 1 aromatic heterocycles. The molecule has 3 N–H and O–H groups in total. The number of rotatable bonds is 2. The highest BCUT2D eigenvalue weighted by Gasteiger charge is 2.60. The van der Waals surface area contributed by atoms with Gasteiger partial charge in [-0.25, -0.2) is 4.98 Å². The molecule has 100 valence electrons. The van der Waals surface area contributed by atoms with Gasteiger partial charge in [0, 0.05) is 28.3 Å². The van der Waals surface area contributed by atoms with Crippen LogP contribution in [-0.4, -0.2) is 23.0 Å². The van der Waals surface area contributed by atoms with Crippen molar-refractivity contribution in [2.75, 3.05) is 0 Å². The van der Waals surface area contributed by atoms with E-state index >= 15 is 0 Å². The van der Waals surface area contributed by atoms with E-state index < -0.39 is 0 Å². The molecule has 4 nitrogen and oxygen atoms in total. The van der Waals surface area contributed by atoms with Crippen LogP contribution >= 0.6 is 11.3 Å². The molecule has 0 saturated heterocycles. The highest BCUT2D eigenvalue weighted by molar-refractivity contribution is 7.09. The first-order valence-corrected chi connectivity index (χ1v) is 7.04. The van der Waals surface area contributed by atoms with Gasteiger partial charge in [0.05, 0.1) is 5.01 Å². The van der Waals surface area contributed by atoms with Gasteiger partial charge in [-0.2, -0.15) is 0 Å². The quantitative estimate of drug-likeness (QED) is 0.860. The molecule has 0 unspecified atom stereocenters. The van der Waals surface area contributed by atoms with Crippen LogP contribution < -0.4 is 11.1 Å². The maximum atomic E-state index is 12.1. The topological polar surface area (TPSA) is 68.0 Å². The predicted molar refractivity (Wildman–Crippen MR) is 73.6 cm³/mol. The summed E-state index contributed by atoms with van der Waals surface area (Å²) in [6.07, 6.45) is 0. The predicted octanol–water partition coefficient (Wildman–Crippen LogP) is 1.94. The molecule has 0 atom stereocenters. The van der Waals surface area contributed by atoms with Crippen LogP contribution in [0.4, 0.5) is 0 Å². The van der Waals surface area contributed by atoms with Gasteiger partial charge in [-0.05, 0) is 6.92 Å². The summed E-state index contributed by atoms with van der Waals surface area (Å²) in [5, 5.41) is 5.78. The molecule has 1 aliphatic carbocycles. The van der Waals surface area contributed by atoms with E-state index in [1.165, 1.54) is 11.3 Å². The normalized spacial score (nSPS) is 28.6. The Hall–Kier alpha value is -0.940. The largest absolute Gasteiger partial charge is 0.347 e. The van der Waals surface area contributed by atoms with Gasteiger partial charge in [0.15, 0.2) is 0 Å². The number of nitrogens with two attached hydrogens (primary N) is 1. The van der Waals surface area contributed by atoms with Crippen LogP contribution in [0.2, 0.25) is 0 Å². The fraction of sp³-hybridized carbons (Fsp3) is 0.692. The van der Waals surface area contributed by atoms with Gasteiger partial charge in [0.1, 0.15) is 5.69 Å². The Bertz CT molecular complexity index is 462. The van der Waals surface area contributed by atoms with Gasteiger partial charge in [0.2, 0.25) is 0 Å². The number of nitrogens with zero attached hydrogens (tertiary/aromatic N) is 1. The first-order valence-electron chi connectivity index (χ1n) is 6.16. The second-order valence-corrected chi connectivity index (χ2v) is 7.34. The van der Waals surface area contributed by atoms with Gasteiger partial charge in [-0.15, -0.1) is 11.3 Å². The van der Waals surface area contributed by atoms with Gasteiger partial charge < -0.3 is 11.1 Å². The SMILES string of the molecule is Cc1nc(C(=O)NC2C(C)(C)C(N)C2(C)C)cs1. The van der Waals surface area contributed by atoms with Crippen molar-refractivity contribution in [1.29, 1.82) is 0 Å². The molecule has 18 heavy (non-hydrogen) atoms. The summed E-state index contributed by atoms with van der Waals surface area (Å²) in [5.41, 5.74) is 6.52. The average molecular weight is 267 g/mol. The first-order chi connectivity index (χ1) is 8.17. The Morgan fingerprint density at radius 3 is 2.39 bits per heavy atom. The molecular weight excluding hydrogens is 246 g/mol. The molecule has 1 aliphatic rings. The number of nitrogens with one attached hydrogen (secondary N) is 1. The van der Waals surface area contributed by atoms with Crippen molar-refractivity contribution < 1.29 is 4.79 Å². The van der Waals surface area contributed by atoms with Crippen molar-refractivity contribution in [3.63, 3.8) is 0 Å². The highest BCUT2D eigenvalue weighted by Crippen LogP contribution is 2.52. The summed E-state index contributed by atoms with van der Waals surface area (Å²) in [7, 11) is 0. The van der Waals surface area contributed by atoms with Crippen LogP contribution in [0.3, 0.4) is 0 Å². The van der Waals surface area contributed by atoms with E-state index in [1.54, 1.807) is 5.38 Å². The summed E-state index contributed by atoms with van der Waals surface area (Å²) in [6, 6.07) is 0.168. The smallest absolute Gasteiger partial charge is 0.271 e. The number of carbonyl (C=O) groups is 1. The van der Waals surface area contributed by atoms with Gasteiger partial charge >= 0.3 is 0 Å². The van der Waals surface area contributed by atoms with Crippen molar-refractivity contribution in [3.05, 3.63) is 16.1 Å². The molecule has 0 spiro atoms. The zero-order chi connectivity index (χ0) is 13.7. The van der Waals surface area contributed by atoms with Crippen LogP contribution in [0.25, 0.3) is 0 Å². The minimum atomic E-state index is -0.0996. The third-order valence-corrected chi connectivity index (χ3v) is 4.99. The van der Waals surface area contributed by atoms with E-state index in [2.05, 4.69) is 38.0 Å². The van der Waals surface area contributed by atoms with Crippen LogP contribution in [0.15, 0.2) is 5.38 Å². The number of aromatic nitrogens is 1. The minimum Gasteiger partial charge on any atom is -0.347 e. The Balaban J connectivity index is 2.13. The summed E-state index contributed by atoms with van der Waals surface area (Å²) < 4.78 is 0. The van der Waals surface area contributed by atoms with Crippen LogP contribution in [0.1, 0.15) is 43.2 Å². The number of hydrogen-bond donors (Lipinski definition) is 2. The summed E-state index contributed by atoms with van der Waals surface area (Å²) in [4.78, 5) is 16.3. The van der Waals surface area contributed by atoms with E-state index in [0.29, 0.717) is 5.69 Å². The minimum absolute atomic E-state index is 0.0782. The van der Waals surface area contributed by atoms with Gasteiger partial charge in [-0.1, -0.05) is 27.7 Å². The Labute approximate surface area is 112 Å². The second-order valence-electron chi connectivity index (χ2n) is 6.28. The van der Waals surface area contributed by atoms with Crippen molar-refractivity contribution in [2.24, 2.45) is 16.6 Å². The number of carbonyl (C=O) groups excluding carboxylic acids is 1. The highest BCUT2D eigenvalue weighted by atomic mass is 32.1. The molecule has 1 heterocycles. The molecular formula is C13H21N3OS. The lowest BCUT2D eigenvalue weighted by Gasteiger charge is -2.62. The maximum Gasteiger partial charge on any atom is 0.271 e. The number of aryl methyl sites for hydroxylation is 1. The monoisotopic (exact) mass is 267 g/mol. The van der Waals surface area contributed by atoms with E-state index in [4.69, 9.17) is 5.73 Å². The third-order valence-electron chi connectivity index (χ3n) is 4.22. The lowest BCUT2D eigenvalue weighted by Crippen LogP contribution is -2.76. The van der Waals surface area contributed by atoms with Gasteiger partial charge in [-0.3, -0.25) is 4.79 Å². The van der Waals surface area contributed by atoms with Crippen LogP contribution in [-0.2, 0) is 0 Å². The van der Waals surface area contributed by atoms with E-state index in [9.17, 15) is 4.79 Å². The lowest BCUT2D eigenvalue weighted by atomic mass is 9.48. The lowest BCUT2D eigenvalue weighted by molar-refractivity contribution is -0.0664. The van der Waals surface area contributed by atoms with Crippen molar-refractivity contribution >= 4 is 17.2 Å². The van der Waals surface area contributed by atoms with Crippen molar-refractivity contribution in [2.45, 2.75) is 46.7 Å². The van der Waals surface area contributed by atoms with E-state index in [0.717, 1.165) is 5.01 Å². The van der Waals surface area contributed by atoms with Gasteiger partial charge in [0.25, 0.3) is 5.91 Å². The Morgan fingerprint density at radius 1 is 1.39 bits per heavy atom. The molecule has 0 bridgehead atoms. The fourth-order valence-electron chi connectivity index (χ4n) is 3.23. The summed E-state index contributed by atoms with van der Waals surface area (Å²) in [6.45, 7) is 10.3. The molecule has 0 radical (unpaired) electrons. The summed E-state index contributed by atoms with van der Waals surface area (Å²) >= 11 is 1.49. The maximum absolute atomic E-state index is 12.1. The Kier molecular flexibility index (Phi) is 3.02. The first kappa shape index (κ1) is 13.5.